The normalized spacial score (nSPS) is 21.7. The van der Waals surface area contributed by atoms with Gasteiger partial charge in [-0.05, 0) is 39.3 Å². The standard InChI is InChI=1S/C13H19N3O4S/c1-13(2,3)20-12(17)8-7-9(8)15-10-5-4-6-11(16-10)21(14,18)19/h4-6,8-9H,7H2,1-3H3,(H,15,16)(H2,14,18,19)/t8-,9?/m0/s1. The third kappa shape index (κ3) is 4.40. The second-order valence-electron chi connectivity index (χ2n) is 6.03. The maximum absolute atomic E-state index is 11.8. The van der Waals surface area contributed by atoms with Crippen LogP contribution in [0.4, 0.5) is 5.82 Å². The molecule has 1 aromatic rings. The topological polar surface area (TPSA) is 111 Å². The SMILES string of the molecule is CC(C)(C)OC(=O)[C@H]1CC1Nc1cccc(S(N)(=O)=O)n1. The number of aromatic nitrogens is 1. The summed E-state index contributed by atoms with van der Waals surface area (Å²) in [6.07, 6.45) is 0.635. The lowest BCUT2D eigenvalue weighted by Crippen LogP contribution is -2.26. The summed E-state index contributed by atoms with van der Waals surface area (Å²) in [6.45, 7) is 5.44. The molecule has 116 valence electrons. The first-order valence-corrected chi connectivity index (χ1v) is 8.10. The van der Waals surface area contributed by atoms with Gasteiger partial charge in [-0.15, -0.1) is 0 Å². The molecule has 1 aromatic heterocycles. The van der Waals surface area contributed by atoms with Crippen LogP contribution in [0, 0.1) is 5.92 Å². The van der Waals surface area contributed by atoms with Gasteiger partial charge in [-0.25, -0.2) is 18.5 Å². The van der Waals surface area contributed by atoms with Crippen molar-refractivity contribution in [3.63, 3.8) is 0 Å². The molecule has 0 amide bonds. The fourth-order valence-electron chi connectivity index (χ4n) is 1.84. The van der Waals surface area contributed by atoms with Crippen molar-refractivity contribution in [1.29, 1.82) is 0 Å². The number of anilines is 1. The van der Waals surface area contributed by atoms with E-state index in [2.05, 4.69) is 10.3 Å². The molecular formula is C13H19N3O4S. The van der Waals surface area contributed by atoms with Crippen LogP contribution < -0.4 is 10.5 Å². The van der Waals surface area contributed by atoms with Gasteiger partial charge < -0.3 is 10.1 Å². The highest BCUT2D eigenvalue weighted by Gasteiger charge is 2.45. The number of primary sulfonamides is 1. The van der Waals surface area contributed by atoms with Gasteiger partial charge in [0, 0.05) is 6.04 Å². The first kappa shape index (κ1) is 15.7. The Morgan fingerprint density at radius 1 is 1.43 bits per heavy atom. The van der Waals surface area contributed by atoms with Gasteiger partial charge in [0.15, 0.2) is 5.03 Å². The van der Waals surface area contributed by atoms with Gasteiger partial charge in [-0.1, -0.05) is 6.07 Å². The lowest BCUT2D eigenvalue weighted by atomic mass is 10.2. The Labute approximate surface area is 123 Å². The average molecular weight is 313 g/mol. The third-order valence-corrected chi connectivity index (χ3v) is 3.66. The molecule has 1 unspecified atom stereocenters. The maximum Gasteiger partial charge on any atom is 0.311 e. The van der Waals surface area contributed by atoms with E-state index >= 15 is 0 Å². The molecule has 21 heavy (non-hydrogen) atoms. The van der Waals surface area contributed by atoms with Crippen molar-refractivity contribution in [1.82, 2.24) is 4.98 Å². The van der Waals surface area contributed by atoms with Gasteiger partial charge in [0.1, 0.15) is 11.4 Å². The molecule has 1 heterocycles. The second-order valence-corrected chi connectivity index (χ2v) is 7.54. The Morgan fingerprint density at radius 2 is 2.10 bits per heavy atom. The van der Waals surface area contributed by atoms with Crippen molar-refractivity contribution in [3.05, 3.63) is 18.2 Å². The van der Waals surface area contributed by atoms with Gasteiger partial charge in [-0.2, -0.15) is 0 Å². The Balaban J connectivity index is 1.98. The molecule has 0 bridgehead atoms. The number of rotatable bonds is 4. The van der Waals surface area contributed by atoms with Crippen LogP contribution in [0.3, 0.4) is 0 Å². The van der Waals surface area contributed by atoms with Crippen molar-refractivity contribution in [2.75, 3.05) is 5.32 Å². The number of carbonyl (C=O) groups is 1. The zero-order chi connectivity index (χ0) is 15.8. The Kier molecular flexibility index (Phi) is 3.94. The predicted molar refractivity (Wildman–Crippen MR) is 77.0 cm³/mol. The molecule has 2 atom stereocenters. The summed E-state index contributed by atoms with van der Waals surface area (Å²) in [4.78, 5) is 15.8. The van der Waals surface area contributed by atoms with E-state index in [-0.39, 0.29) is 23.0 Å². The number of sulfonamides is 1. The molecule has 0 aromatic carbocycles. The lowest BCUT2D eigenvalue weighted by Gasteiger charge is -2.19. The zero-order valence-electron chi connectivity index (χ0n) is 12.2. The van der Waals surface area contributed by atoms with E-state index in [4.69, 9.17) is 9.88 Å². The largest absolute Gasteiger partial charge is 0.460 e. The molecule has 0 radical (unpaired) electrons. The average Bonchev–Trinajstić information content (AvgIpc) is 3.05. The number of ether oxygens (including phenoxy) is 1. The lowest BCUT2D eigenvalue weighted by molar-refractivity contribution is -0.156. The van der Waals surface area contributed by atoms with Crippen molar-refractivity contribution in [2.45, 2.75) is 43.9 Å². The van der Waals surface area contributed by atoms with Crippen LogP contribution in [0.2, 0.25) is 0 Å². The number of hydrogen-bond donors (Lipinski definition) is 2. The molecule has 2 rings (SSSR count). The van der Waals surface area contributed by atoms with Crippen molar-refractivity contribution < 1.29 is 17.9 Å². The number of nitrogens with zero attached hydrogens (tertiary/aromatic N) is 1. The molecule has 3 N–H and O–H groups in total. The first-order valence-electron chi connectivity index (χ1n) is 6.55. The van der Waals surface area contributed by atoms with Crippen LogP contribution in [-0.2, 0) is 19.6 Å². The van der Waals surface area contributed by atoms with Gasteiger partial charge >= 0.3 is 5.97 Å². The molecule has 8 heteroatoms. The molecule has 0 aliphatic heterocycles. The molecule has 1 aliphatic carbocycles. The molecule has 1 saturated carbocycles. The molecular weight excluding hydrogens is 294 g/mol. The monoisotopic (exact) mass is 313 g/mol. The minimum absolute atomic E-state index is 0.0944. The van der Waals surface area contributed by atoms with E-state index in [9.17, 15) is 13.2 Å². The number of esters is 1. The van der Waals surface area contributed by atoms with Crippen LogP contribution in [0.25, 0.3) is 0 Å². The number of nitrogens with one attached hydrogen (secondary N) is 1. The van der Waals surface area contributed by atoms with Gasteiger partial charge in [-0.3, -0.25) is 4.79 Å². The highest BCUT2D eigenvalue weighted by molar-refractivity contribution is 7.89. The van der Waals surface area contributed by atoms with E-state index in [1.807, 2.05) is 20.8 Å². The van der Waals surface area contributed by atoms with Crippen molar-refractivity contribution in [2.24, 2.45) is 11.1 Å². The van der Waals surface area contributed by atoms with Crippen LogP contribution in [0.15, 0.2) is 23.2 Å². The number of nitrogens with two attached hydrogens (primary N) is 1. The molecule has 0 saturated heterocycles. The fourth-order valence-corrected chi connectivity index (χ4v) is 2.33. The Bertz CT molecular complexity index is 652. The summed E-state index contributed by atoms with van der Waals surface area (Å²) in [7, 11) is -3.84. The maximum atomic E-state index is 11.8. The first-order chi connectivity index (χ1) is 9.56. The fraction of sp³-hybridized carbons (Fsp3) is 0.538. The summed E-state index contributed by atoms with van der Waals surface area (Å²) < 4.78 is 27.8. The number of pyridine rings is 1. The Hall–Kier alpha value is -1.67. The molecule has 1 aliphatic rings. The van der Waals surface area contributed by atoms with E-state index in [0.717, 1.165) is 0 Å². The van der Waals surface area contributed by atoms with Crippen LogP contribution in [-0.4, -0.2) is 31.0 Å². The third-order valence-electron chi connectivity index (χ3n) is 2.85. The van der Waals surface area contributed by atoms with Crippen LogP contribution in [0.1, 0.15) is 27.2 Å². The number of carbonyl (C=O) groups excluding carboxylic acids is 1. The van der Waals surface area contributed by atoms with Gasteiger partial charge in [0.05, 0.1) is 5.92 Å². The predicted octanol–water partition coefficient (Wildman–Crippen LogP) is 0.871. The second kappa shape index (κ2) is 5.27. The zero-order valence-corrected chi connectivity index (χ0v) is 13.0. The molecule has 0 spiro atoms. The highest BCUT2D eigenvalue weighted by Crippen LogP contribution is 2.35. The summed E-state index contributed by atoms with van der Waals surface area (Å²) in [6, 6.07) is 4.39. The highest BCUT2D eigenvalue weighted by atomic mass is 32.2. The van der Waals surface area contributed by atoms with Crippen molar-refractivity contribution in [3.8, 4) is 0 Å². The summed E-state index contributed by atoms with van der Waals surface area (Å²) in [5.41, 5.74) is -0.518. The summed E-state index contributed by atoms with van der Waals surface area (Å²) in [5.74, 6) is -0.121. The van der Waals surface area contributed by atoms with E-state index in [1.54, 1.807) is 12.1 Å². The van der Waals surface area contributed by atoms with E-state index < -0.39 is 15.6 Å². The molecule has 7 nitrogen and oxygen atoms in total. The summed E-state index contributed by atoms with van der Waals surface area (Å²) >= 11 is 0. The quantitative estimate of drug-likeness (QED) is 0.798. The van der Waals surface area contributed by atoms with Gasteiger partial charge in [0.2, 0.25) is 0 Å². The number of hydrogen-bond acceptors (Lipinski definition) is 6. The minimum atomic E-state index is -3.84. The Morgan fingerprint density at radius 3 is 2.67 bits per heavy atom. The van der Waals surface area contributed by atoms with Crippen LogP contribution in [0.5, 0.6) is 0 Å². The minimum Gasteiger partial charge on any atom is -0.460 e. The molecule has 1 fully saturated rings. The van der Waals surface area contributed by atoms with E-state index in [0.29, 0.717) is 12.2 Å². The van der Waals surface area contributed by atoms with Gasteiger partial charge in [0.25, 0.3) is 10.0 Å². The summed E-state index contributed by atoms with van der Waals surface area (Å²) in [5, 5.41) is 7.83. The van der Waals surface area contributed by atoms with Crippen LogP contribution >= 0.6 is 0 Å². The van der Waals surface area contributed by atoms with E-state index in [1.165, 1.54) is 6.07 Å². The smallest absolute Gasteiger partial charge is 0.311 e. The van der Waals surface area contributed by atoms with Crippen molar-refractivity contribution >= 4 is 21.8 Å².